The van der Waals surface area contributed by atoms with Crippen LogP contribution in [0, 0.1) is 0 Å². The minimum Gasteiger partial charge on any atom is -0.493 e. The van der Waals surface area contributed by atoms with Gasteiger partial charge in [-0.2, -0.15) is 0 Å². The van der Waals surface area contributed by atoms with Crippen molar-refractivity contribution in [1.82, 2.24) is 15.3 Å². The summed E-state index contributed by atoms with van der Waals surface area (Å²) in [7, 11) is 3.09. The maximum atomic E-state index is 12.9. The molecule has 0 spiro atoms. The van der Waals surface area contributed by atoms with Crippen LogP contribution < -0.4 is 20.5 Å². The van der Waals surface area contributed by atoms with Gasteiger partial charge in [-0.25, -0.2) is 0 Å². The van der Waals surface area contributed by atoms with Gasteiger partial charge in [0.1, 0.15) is 5.54 Å². The van der Waals surface area contributed by atoms with Crippen LogP contribution in [-0.2, 0) is 23.3 Å². The number of aromatic nitrogens is 2. The molecule has 0 fully saturated rings. The van der Waals surface area contributed by atoms with Crippen molar-refractivity contribution < 1.29 is 14.3 Å². The Morgan fingerprint density at radius 3 is 2.24 bits per heavy atom. The fourth-order valence-electron chi connectivity index (χ4n) is 3.35. The van der Waals surface area contributed by atoms with E-state index < -0.39 is 11.4 Å². The number of rotatable bonds is 9. The molecule has 3 rings (SSSR count). The molecule has 1 amide bonds. The van der Waals surface area contributed by atoms with Crippen LogP contribution in [0.5, 0.6) is 11.5 Å². The first-order valence-corrected chi connectivity index (χ1v) is 9.15. The quantitative estimate of drug-likeness (QED) is 0.579. The zero-order chi connectivity index (χ0) is 20.7. The van der Waals surface area contributed by atoms with Crippen LogP contribution in [0.4, 0.5) is 0 Å². The number of primary amides is 1. The van der Waals surface area contributed by atoms with Crippen molar-refractivity contribution >= 4 is 5.91 Å². The van der Waals surface area contributed by atoms with E-state index >= 15 is 0 Å². The fraction of sp³-hybridized carbons (Fsp3) is 0.227. The zero-order valence-electron chi connectivity index (χ0n) is 16.5. The summed E-state index contributed by atoms with van der Waals surface area (Å²) in [5.41, 5.74) is 7.12. The lowest BCUT2D eigenvalue weighted by Gasteiger charge is -2.34. The van der Waals surface area contributed by atoms with E-state index in [0.29, 0.717) is 30.0 Å². The Bertz CT molecular complexity index is 951. The van der Waals surface area contributed by atoms with Crippen LogP contribution in [0.3, 0.4) is 0 Å². The molecule has 150 valence electrons. The summed E-state index contributed by atoms with van der Waals surface area (Å²) in [6.07, 6.45) is 7.14. The van der Waals surface area contributed by atoms with Gasteiger partial charge in [0.05, 0.1) is 14.2 Å². The van der Waals surface area contributed by atoms with E-state index in [4.69, 9.17) is 15.2 Å². The molecule has 0 aliphatic heterocycles. The van der Waals surface area contributed by atoms with Crippen molar-refractivity contribution in [3.05, 3.63) is 83.9 Å². The predicted octanol–water partition coefficient (Wildman–Crippen LogP) is 2.21. The summed E-state index contributed by atoms with van der Waals surface area (Å²) in [4.78, 5) is 21.3. The van der Waals surface area contributed by atoms with Gasteiger partial charge in [0, 0.05) is 43.3 Å². The number of para-hydroxylation sites is 1. The minimum atomic E-state index is -1.25. The third kappa shape index (κ3) is 4.35. The summed E-state index contributed by atoms with van der Waals surface area (Å²) >= 11 is 0. The molecule has 2 heterocycles. The van der Waals surface area contributed by atoms with Gasteiger partial charge in [0.2, 0.25) is 5.91 Å². The third-order valence-corrected chi connectivity index (χ3v) is 4.79. The van der Waals surface area contributed by atoms with Crippen LogP contribution in [0.15, 0.2) is 67.3 Å². The summed E-state index contributed by atoms with van der Waals surface area (Å²) in [6, 6.07) is 12.9. The standard InChI is InChI=1S/C22H24N4O3/c1-28-19-9-3-8-18(20(19)29-2)22(21(23)27,12-16-6-4-10-24-13-16)26-15-17-7-5-11-25-14-17/h3-11,13-14,26H,12,15H2,1-2H3,(H2,23,27). The van der Waals surface area contributed by atoms with Gasteiger partial charge in [0.25, 0.3) is 0 Å². The number of benzene rings is 1. The molecule has 0 bridgehead atoms. The lowest BCUT2D eigenvalue weighted by molar-refractivity contribution is -0.125. The molecular formula is C22H24N4O3. The monoisotopic (exact) mass is 392 g/mol. The lowest BCUT2D eigenvalue weighted by atomic mass is 9.82. The first-order chi connectivity index (χ1) is 14.1. The summed E-state index contributed by atoms with van der Waals surface area (Å²) in [5.74, 6) is 0.443. The lowest BCUT2D eigenvalue weighted by Crippen LogP contribution is -2.54. The Morgan fingerprint density at radius 2 is 1.69 bits per heavy atom. The summed E-state index contributed by atoms with van der Waals surface area (Å²) in [5, 5.41) is 3.36. The average molecular weight is 392 g/mol. The fourth-order valence-corrected chi connectivity index (χ4v) is 3.35. The number of pyridine rings is 2. The molecule has 0 saturated heterocycles. The van der Waals surface area contributed by atoms with Gasteiger partial charge < -0.3 is 15.2 Å². The van der Waals surface area contributed by atoms with Gasteiger partial charge in [0.15, 0.2) is 11.5 Å². The first kappa shape index (κ1) is 20.3. The number of methoxy groups -OCH3 is 2. The normalized spacial score (nSPS) is 12.8. The van der Waals surface area contributed by atoms with E-state index in [1.54, 1.807) is 38.0 Å². The Hall–Kier alpha value is -3.45. The number of nitrogens with two attached hydrogens (primary N) is 1. The van der Waals surface area contributed by atoms with Crippen LogP contribution in [-0.4, -0.2) is 30.1 Å². The maximum Gasteiger partial charge on any atom is 0.242 e. The van der Waals surface area contributed by atoms with Crippen LogP contribution in [0.25, 0.3) is 0 Å². The van der Waals surface area contributed by atoms with Gasteiger partial charge in [-0.3, -0.25) is 20.1 Å². The molecule has 2 aromatic heterocycles. The predicted molar refractivity (Wildman–Crippen MR) is 109 cm³/mol. The van der Waals surface area contributed by atoms with E-state index in [1.165, 1.54) is 7.11 Å². The second-order valence-corrected chi connectivity index (χ2v) is 6.56. The molecule has 1 aromatic carbocycles. The Balaban J connectivity index is 2.12. The molecule has 3 N–H and O–H groups in total. The van der Waals surface area contributed by atoms with Crippen molar-refractivity contribution in [3.63, 3.8) is 0 Å². The molecule has 0 aliphatic rings. The van der Waals surface area contributed by atoms with Gasteiger partial charge in [-0.1, -0.05) is 24.3 Å². The van der Waals surface area contributed by atoms with Crippen molar-refractivity contribution in [2.75, 3.05) is 14.2 Å². The highest BCUT2D eigenvalue weighted by molar-refractivity contribution is 5.88. The summed E-state index contributed by atoms with van der Waals surface area (Å²) in [6.45, 7) is 0.386. The highest BCUT2D eigenvalue weighted by Gasteiger charge is 2.41. The van der Waals surface area contributed by atoms with Crippen molar-refractivity contribution in [2.24, 2.45) is 5.73 Å². The van der Waals surface area contributed by atoms with Crippen LogP contribution in [0.1, 0.15) is 16.7 Å². The van der Waals surface area contributed by atoms with Gasteiger partial charge in [-0.15, -0.1) is 0 Å². The number of amides is 1. The highest BCUT2D eigenvalue weighted by atomic mass is 16.5. The number of nitrogens with one attached hydrogen (secondary N) is 1. The molecule has 1 atom stereocenters. The first-order valence-electron chi connectivity index (χ1n) is 9.15. The van der Waals surface area contributed by atoms with Crippen molar-refractivity contribution in [1.29, 1.82) is 0 Å². The second-order valence-electron chi connectivity index (χ2n) is 6.56. The number of carbonyl (C=O) groups is 1. The van der Waals surface area contributed by atoms with E-state index in [0.717, 1.165) is 11.1 Å². The number of nitrogens with zero attached hydrogens (tertiary/aromatic N) is 2. The molecule has 3 aromatic rings. The van der Waals surface area contributed by atoms with Crippen LogP contribution >= 0.6 is 0 Å². The Kier molecular flexibility index (Phi) is 6.41. The SMILES string of the molecule is COc1cccc(C(Cc2cccnc2)(NCc2cccnc2)C(N)=O)c1OC. The average Bonchev–Trinajstić information content (AvgIpc) is 2.77. The largest absolute Gasteiger partial charge is 0.493 e. The Morgan fingerprint density at radius 1 is 1.00 bits per heavy atom. The molecule has 29 heavy (non-hydrogen) atoms. The van der Waals surface area contributed by atoms with E-state index in [1.807, 2.05) is 36.4 Å². The number of carbonyl (C=O) groups excluding carboxylic acids is 1. The molecule has 0 saturated carbocycles. The van der Waals surface area contributed by atoms with Gasteiger partial charge in [-0.05, 0) is 29.3 Å². The number of hydrogen-bond donors (Lipinski definition) is 2. The molecule has 0 radical (unpaired) electrons. The zero-order valence-corrected chi connectivity index (χ0v) is 16.5. The smallest absolute Gasteiger partial charge is 0.242 e. The number of hydrogen-bond acceptors (Lipinski definition) is 6. The topological polar surface area (TPSA) is 99.4 Å². The molecule has 7 nitrogen and oxygen atoms in total. The highest BCUT2D eigenvalue weighted by Crippen LogP contribution is 2.39. The van der Waals surface area contributed by atoms with Crippen LogP contribution in [0.2, 0.25) is 0 Å². The molecular weight excluding hydrogens is 368 g/mol. The number of ether oxygens (including phenoxy) is 2. The molecule has 0 aliphatic carbocycles. The van der Waals surface area contributed by atoms with E-state index in [-0.39, 0.29) is 0 Å². The summed E-state index contributed by atoms with van der Waals surface area (Å²) < 4.78 is 11.1. The van der Waals surface area contributed by atoms with Crippen molar-refractivity contribution in [2.45, 2.75) is 18.5 Å². The minimum absolute atomic E-state index is 0.292. The van der Waals surface area contributed by atoms with E-state index in [9.17, 15) is 4.79 Å². The molecule has 1 unspecified atom stereocenters. The maximum absolute atomic E-state index is 12.9. The second kappa shape index (κ2) is 9.16. The Labute approximate surface area is 169 Å². The third-order valence-electron chi connectivity index (χ3n) is 4.79. The van der Waals surface area contributed by atoms with E-state index in [2.05, 4.69) is 15.3 Å². The van der Waals surface area contributed by atoms with Gasteiger partial charge >= 0.3 is 0 Å². The molecule has 7 heteroatoms. The van der Waals surface area contributed by atoms with Crippen molar-refractivity contribution in [3.8, 4) is 11.5 Å².